The van der Waals surface area contributed by atoms with E-state index in [1.807, 2.05) is 55.5 Å². The highest BCUT2D eigenvalue weighted by Crippen LogP contribution is 2.30. The van der Waals surface area contributed by atoms with E-state index in [1.54, 1.807) is 7.11 Å². The third-order valence-electron chi connectivity index (χ3n) is 2.95. The van der Waals surface area contributed by atoms with Gasteiger partial charge in [0.2, 0.25) is 0 Å². The Morgan fingerprint density at radius 3 is 2.35 bits per heavy atom. The molecule has 2 rings (SSSR count). The average molecular weight is 294 g/mol. The van der Waals surface area contributed by atoms with Crippen LogP contribution in [-0.2, 0) is 6.61 Å². The van der Waals surface area contributed by atoms with Crippen LogP contribution in [0, 0.1) is 0 Å². The highest BCUT2D eigenvalue weighted by molar-refractivity contribution is 5.85. The first kappa shape index (κ1) is 16.3. The third kappa shape index (κ3) is 4.15. The van der Waals surface area contributed by atoms with Gasteiger partial charge in [-0.2, -0.15) is 0 Å². The fourth-order valence-corrected chi connectivity index (χ4v) is 1.82. The van der Waals surface area contributed by atoms with Crippen molar-refractivity contribution in [2.75, 3.05) is 7.11 Å². The maximum Gasteiger partial charge on any atom is 0.161 e. The molecule has 0 heterocycles. The Morgan fingerprint density at radius 2 is 1.75 bits per heavy atom. The van der Waals surface area contributed by atoms with Crippen LogP contribution in [0.25, 0.3) is 0 Å². The van der Waals surface area contributed by atoms with Gasteiger partial charge in [-0.15, -0.1) is 12.4 Å². The summed E-state index contributed by atoms with van der Waals surface area (Å²) >= 11 is 0. The summed E-state index contributed by atoms with van der Waals surface area (Å²) in [6.07, 6.45) is 0. The summed E-state index contributed by atoms with van der Waals surface area (Å²) in [5.74, 6) is 1.45. The summed E-state index contributed by atoms with van der Waals surface area (Å²) in [5, 5.41) is 0. The van der Waals surface area contributed by atoms with Crippen LogP contribution in [0.3, 0.4) is 0 Å². The van der Waals surface area contributed by atoms with Crippen molar-refractivity contribution >= 4 is 12.4 Å². The van der Waals surface area contributed by atoms with Gasteiger partial charge in [0, 0.05) is 6.04 Å². The molecule has 0 radical (unpaired) electrons. The van der Waals surface area contributed by atoms with Crippen molar-refractivity contribution in [2.45, 2.75) is 19.6 Å². The molecule has 0 aliphatic rings. The lowest BCUT2D eigenvalue weighted by molar-refractivity contribution is 0.284. The van der Waals surface area contributed by atoms with E-state index < -0.39 is 0 Å². The molecule has 2 aromatic rings. The first-order valence-electron chi connectivity index (χ1n) is 6.31. The minimum absolute atomic E-state index is 0. The van der Waals surface area contributed by atoms with Gasteiger partial charge in [-0.05, 0) is 30.2 Å². The van der Waals surface area contributed by atoms with E-state index in [4.69, 9.17) is 15.2 Å². The Morgan fingerprint density at radius 1 is 1.05 bits per heavy atom. The van der Waals surface area contributed by atoms with E-state index in [2.05, 4.69) is 0 Å². The van der Waals surface area contributed by atoms with E-state index in [9.17, 15) is 0 Å². The van der Waals surface area contributed by atoms with Gasteiger partial charge >= 0.3 is 0 Å². The number of benzene rings is 2. The standard InChI is InChI=1S/C16H19NO2.ClH/c1-12(17)14-8-9-15(16(10-14)18-2)19-11-13-6-4-3-5-7-13;/h3-10,12H,11,17H2,1-2H3;1H/t12-;/m1./s1. The molecule has 0 saturated heterocycles. The quantitative estimate of drug-likeness (QED) is 0.914. The molecule has 0 aliphatic heterocycles. The molecule has 0 fully saturated rings. The number of rotatable bonds is 5. The van der Waals surface area contributed by atoms with Crippen molar-refractivity contribution in [1.82, 2.24) is 0 Å². The molecule has 108 valence electrons. The van der Waals surface area contributed by atoms with Crippen LogP contribution in [0.2, 0.25) is 0 Å². The SMILES string of the molecule is COc1cc([C@@H](C)N)ccc1OCc1ccccc1.Cl. The fraction of sp³-hybridized carbons (Fsp3) is 0.250. The molecule has 0 aromatic heterocycles. The van der Waals surface area contributed by atoms with E-state index in [-0.39, 0.29) is 18.4 Å². The summed E-state index contributed by atoms with van der Waals surface area (Å²) in [7, 11) is 1.63. The largest absolute Gasteiger partial charge is 0.493 e. The van der Waals surface area contributed by atoms with Gasteiger partial charge in [0.15, 0.2) is 11.5 Å². The van der Waals surface area contributed by atoms with E-state index in [0.29, 0.717) is 12.4 Å². The second kappa shape index (κ2) is 7.78. The highest BCUT2D eigenvalue weighted by atomic mass is 35.5. The predicted octanol–water partition coefficient (Wildman–Crippen LogP) is 3.72. The van der Waals surface area contributed by atoms with Gasteiger partial charge < -0.3 is 15.2 Å². The van der Waals surface area contributed by atoms with Gasteiger partial charge in [0.1, 0.15) is 6.61 Å². The summed E-state index contributed by atoms with van der Waals surface area (Å²) in [4.78, 5) is 0. The van der Waals surface area contributed by atoms with Crippen LogP contribution in [0.1, 0.15) is 24.1 Å². The second-order valence-corrected chi connectivity index (χ2v) is 4.47. The van der Waals surface area contributed by atoms with Crippen molar-refractivity contribution in [1.29, 1.82) is 0 Å². The summed E-state index contributed by atoms with van der Waals surface area (Å²) in [5.41, 5.74) is 8.01. The number of hydrogen-bond acceptors (Lipinski definition) is 3. The lowest BCUT2D eigenvalue weighted by atomic mass is 10.1. The molecule has 0 saturated carbocycles. The summed E-state index contributed by atoms with van der Waals surface area (Å²) in [6, 6.07) is 15.8. The second-order valence-electron chi connectivity index (χ2n) is 4.47. The van der Waals surface area contributed by atoms with Gasteiger partial charge in [0.05, 0.1) is 7.11 Å². The van der Waals surface area contributed by atoms with E-state index >= 15 is 0 Å². The van der Waals surface area contributed by atoms with Gasteiger partial charge in [-0.3, -0.25) is 0 Å². The Balaban J connectivity index is 0.00000200. The Bertz CT molecular complexity index is 529. The molecule has 2 aromatic carbocycles. The Labute approximate surface area is 126 Å². The lowest BCUT2D eigenvalue weighted by Crippen LogP contribution is -2.05. The number of ether oxygens (including phenoxy) is 2. The summed E-state index contributed by atoms with van der Waals surface area (Å²) < 4.78 is 11.1. The minimum atomic E-state index is -0.0166. The van der Waals surface area contributed by atoms with Crippen molar-refractivity contribution in [3.8, 4) is 11.5 Å². The maximum atomic E-state index is 5.86. The topological polar surface area (TPSA) is 44.5 Å². The lowest BCUT2D eigenvalue weighted by Gasteiger charge is -2.13. The Hall–Kier alpha value is -1.71. The van der Waals surface area contributed by atoms with Crippen molar-refractivity contribution in [3.05, 3.63) is 59.7 Å². The van der Waals surface area contributed by atoms with Gasteiger partial charge in [-0.25, -0.2) is 0 Å². The fourth-order valence-electron chi connectivity index (χ4n) is 1.82. The van der Waals surface area contributed by atoms with Crippen LogP contribution in [-0.4, -0.2) is 7.11 Å². The molecule has 2 N–H and O–H groups in total. The Kier molecular flexibility index (Phi) is 6.36. The van der Waals surface area contributed by atoms with Crippen molar-refractivity contribution in [2.24, 2.45) is 5.73 Å². The molecule has 0 amide bonds. The van der Waals surface area contributed by atoms with Crippen molar-refractivity contribution < 1.29 is 9.47 Å². The molecule has 0 spiro atoms. The van der Waals surface area contributed by atoms with Crippen LogP contribution in [0.5, 0.6) is 11.5 Å². The normalized spacial score (nSPS) is 11.3. The molecular formula is C16H20ClNO2. The molecule has 1 atom stereocenters. The molecule has 4 heteroatoms. The predicted molar refractivity (Wildman–Crippen MR) is 83.6 cm³/mol. The number of nitrogens with two attached hydrogens (primary N) is 1. The zero-order valence-corrected chi connectivity index (χ0v) is 12.5. The third-order valence-corrected chi connectivity index (χ3v) is 2.95. The number of hydrogen-bond donors (Lipinski definition) is 1. The van der Waals surface area contributed by atoms with Crippen molar-refractivity contribution in [3.63, 3.8) is 0 Å². The monoisotopic (exact) mass is 293 g/mol. The maximum absolute atomic E-state index is 5.86. The highest BCUT2D eigenvalue weighted by Gasteiger charge is 2.08. The van der Waals surface area contributed by atoms with E-state index in [1.165, 1.54) is 0 Å². The average Bonchev–Trinajstić information content (AvgIpc) is 2.45. The zero-order valence-electron chi connectivity index (χ0n) is 11.7. The number of methoxy groups -OCH3 is 1. The van der Waals surface area contributed by atoms with Crippen LogP contribution >= 0.6 is 12.4 Å². The minimum Gasteiger partial charge on any atom is -0.493 e. The smallest absolute Gasteiger partial charge is 0.161 e. The summed E-state index contributed by atoms with van der Waals surface area (Å²) in [6.45, 7) is 2.47. The molecular weight excluding hydrogens is 274 g/mol. The molecule has 0 unspecified atom stereocenters. The van der Waals surface area contributed by atoms with Gasteiger partial charge in [-0.1, -0.05) is 36.4 Å². The first-order valence-corrected chi connectivity index (χ1v) is 6.31. The van der Waals surface area contributed by atoms with E-state index in [0.717, 1.165) is 16.9 Å². The molecule has 3 nitrogen and oxygen atoms in total. The number of halogens is 1. The molecule has 20 heavy (non-hydrogen) atoms. The van der Waals surface area contributed by atoms with Gasteiger partial charge in [0.25, 0.3) is 0 Å². The van der Waals surface area contributed by atoms with Crippen LogP contribution < -0.4 is 15.2 Å². The first-order chi connectivity index (χ1) is 9.20. The van der Waals surface area contributed by atoms with Crippen LogP contribution in [0.4, 0.5) is 0 Å². The van der Waals surface area contributed by atoms with Crippen LogP contribution in [0.15, 0.2) is 48.5 Å². The molecule has 0 bridgehead atoms. The zero-order chi connectivity index (χ0) is 13.7. The molecule has 0 aliphatic carbocycles.